The lowest BCUT2D eigenvalue weighted by molar-refractivity contribution is -0.133. The van der Waals surface area contributed by atoms with Crippen LogP contribution in [-0.2, 0) is 23.8 Å². The van der Waals surface area contributed by atoms with Crippen LogP contribution in [0.5, 0.6) is 0 Å². The zero-order chi connectivity index (χ0) is 15.6. The lowest BCUT2D eigenvalue weighted by Gasteiger charge is -2.27. The van der Waals surface area contributed by atoms with Crippen LogP contribution in [0.2, 0.25) is 0 Å². The second kappa shape index (κ2) is 5.97. The molecule has 116 valence electrons. The van der Waals surface area contributed by atoms with Crippen molar-refractivity contribution in [2.24, 2.45) is 0 Å². The minimum absolute atomic E-state index is 0.0276. The van der Waals surface area contributed by atoms with Crippen molar-refractivity contribution in [3.8, 4) is 0 Å². The van der Waals surface area contributed by atoms with Crippen molar-refractivity contribution in [1.29, 1.82) is 0 Å². The van der Waals surface area contributed by atoms with Gasteiger partial charge in [0, 0.05) is 11.1 Å². The van der Waals surface area contributed by atoms with E-state index < -0.39 is 17.5 Å². The first-order chi connectivity index (χ1) is 9.84. The van der Waals surface area contributed by atoms with Gasteiger partial charge in [0.25, 0.3) is 0 Å². The summed E-state index contributed by atoms with van der Waals surface area (Å²) in [5, 5.41) is 18.1. The van der Waals surface area contributed by atoms with Crippen molar-refractivity contribution in [1.82, 2.24) is 0 Å². The summed E-state index contributed by atoms with van der Waals surface area (Å²) in [6.07, 6.45) is 2.39. The molecule has 0 aliphatic carbocycles. The summed E-state index contributed by atoms with van der Waals surface area (Å²) < 4.78 is 16.1. The third kappa shape index (κ3) is 4.13. The Hall–Kier alpha value is -1.70. The average molecular weight is 298 g/mol. The van der Waals surface area contributed by atoms with Crippen LogP contribution < -0.4 is 0 Å². The number of rotatable bonds is 8. The molecule has 2 N–H and O–H groups in total. The molecule has 2 unspecified atom stereocenters. The zero-order valence-corrected chi connectivity index (χ0v) is 11.9. The molecule has 7 nitrogen and oxygen atoms in total. The molecule has 0 radical (unpaired) electrons. The van der Waals surface area contributed by atoms with Gasteiger partial charge in [-0.2, -0.15) is 0 Å². The molecule has 2 atom stereocenters. The molecule has 21 heavy (non-hydrogen) atoms. The Morgan fingerprint density at radius 1 is 1.14 bits per heavy atom. The molecule has 0 spiro atoms. The van der Waals surface area contributed by atoms with E-state index in [1.165, 1.54) is 26.0 Å². The second-order valence-corrected chi connectivity index (χ2v) is 5.21. The number of carbonyl (C=O) groups is 2. The Kier molecular flexibility index (Phi) is 4.46. The summed E-state index contributed by atoms with van der Waals surface area (Å²) in [6, 6.07) is 0. The van der Waals surface area contributed by atoms with Crippen LogP contribution in [0, 0.1) is 0 Å². The van der Waals surface area contributed by atoms with E-state index >= 15 is 0 Å². The molecule has 0 aromatic carbocycles. The Morgan fingerprint density at radius 3 is 1.95 bits per heavy atom. The molecular weight excluding hydrogens is 280 g/mol. The van der Waals surface area contributed by atoms with Crippen LogP contribution in [-0.4, -0.2) is 59.8 Å². The molecule has 0 bridgehead atoms. The van der Waals surface area contributed by atoms with Gasteiger partial charge in [0.2, 0.25) is 0 Å². The van der Waals surface area contributed by atoms with Crippen LogP contribution >= 0.6 is 0 Å². The highest BCUT2D eigenvalue weighted by molar-refractivity contribution is 5.87. The number of aliphatic carboxylic acids is 2. The topological polar surface area (TPSA) is 109 Å². The lowest BCUT2D eigenvalue weighted by atomic mass is 9.93. The fourth-order valence-electron chi connectivity index (χ4n) is 1.91. The summed E-state index contributed by atoms with van der Waals surface area (Å²) >= 11 is 0. The molecule has 2 fully saturated rings. The first-order valence-corrected chi connectivity index (χ1v) is 6.57. The van der Waals surface area contributed by atoms with E-state index in [-0.39, 0.29) is 30.0 Å². The molecule has 2 rings (SSSR count). The van der Waals surface area contributed by atoms with Crippen LogP contribution in [0.3, 0.4) is 0 Å². The molecule has 7 heteroatoms. The lowest BCUT2D eigenvalue weighted by Crippen LogP contribution is -2.37. The highest BCUT2D eigenvalue weighted by atomic mass is 16.6. The van der Waals surface area contributed by atoms with Gasteiger partial charge in [-0.25, -0.2) is 9.59 Å². The summed E-state index contributed by atoms with van der Waals surface area (Å²) in [5.74, 6) is -2.18. The van der Waals surface area contributed by atoms with Gasteiger partial charge >= 0.3 is 11.9 Å². The van der Waals surface area contributed by atoms with E-state index in [9.17, 15) is 9.59 Å². The van der Waals surface area contributed by atoms with E-state index in [4.69, 9.17) is 24.4 Å². The largest absolute Gasteiger partial charge is 0.478 e. The smallest absolute Gasteiger partial charge is 0.331 e. The van der Waals surface area contributed by atoms with Crippen molar-refractivity contribution in [3.05, 3.63) is 23.3 Å². The highest BCUT2D eigenvalue weighted by Crippen LogP contribution is 2.34. The molecule has 0 saturated carbocycles. The standard InChI is InChI=1S/C14H18O7/c1-8(12(15)16)3-14(11-7-20-11,4-9(2)13(17)18)21-6-10-5-19-10/h3-4,10-11H,5-7H2,1-2H3,(H,15,16)(H,17,18). The third-order valence-corrected chi connectivity index (χ3v) is 3.32. The SMILES string of the molecule is CC(=CC(C=C(C)C(=O)O)(OCC1CO1)C1CO1)C(=O)O. The van der Waals surface area contributed by atoms with Crippen molar-refractivity contribution >= 4 is 11.9 Å². The van der Waals surface area contributed by atoms with E-state index in [2.05, 4.69) is 0 Å². The molecule has 2 aliphatic heterocycles. The summed E-state index contributed by atoms with van der Waals surface area (Å²) in [7, 11) is 0. The third-order valence-electron chi connectivity index (χ3n) is 3.32. The highest BCUT2D eigenvalue weighted by Gasteiger charge is 2.47. The fraction of sp³-hybridized carbons (Fsp3) is 0.571. The number of carboxylic acids is 2. The fourth-order valence-corrected chi connectivity index (χ4v) is 1.91. The maximum absolute atomic E-state index is 11.1. The first kappa shape index (κ1) is 15.7. The molecule has 2 saturated heterocycles. The molecule has 0 aromatic rings. The number of epoxide rings is 2. The zero-order valence-electron chi connectivity index (χ0n) is 11.9. The van der Waals surface area contributed by atoms with E-state index in [1.54, 1.807) is 0 Å². The molecule has 2 heterocycles. The van der Waals surface area contributed by atoms with Crippen LogP contribution in [0.25, 0.3) is 0 Å². The Morgan fingerprint density at radius 2 is 1.62 bits per heavy atom. The van der Waals surface area contributed by atoms with Crippen molar-refractivity contribution in [2.45, 2.75) is 31.7 Å². The molecule has 0 amide bonds. The van der Waals surface area contributed by atoms with Crippen LogP contribution in [0.1, 0.15) is 13.8 Å². The molecule has 2 aliphatic rings. The van der Waals surface area contributed by atoms with Gasteiger partial charge in [0.05, 0.1) is 19.8 Å². The minimum atomic E-state index is -1.20. The maximum Gasteiger partial charge on any atom is 0.331 e. The van der Waals surface area contributed by atoms with Gasteiger partial charge in [-0.1, -0.05) is 0 Å². The summed E-state index contributed by atoms with van der Waals surface area (Å²) in [5.41, 5.74) is -1.06. The number of hydrogen-bond acceptors (Lipinski definition) is 5. The number of ether oxygens (including phenoxy) is 3. The summed E-state index contributed by atoms with van der Waals surface area (Å²) in [6.45, 7) is 4.09. The Balaban J connectivity index is 2.32. The molecule has 0 aromatic heterocycles. The normalized spacial score (nSPS) is 27.9. The van der Waals surface area contributed by atoms with Gasteiger partial charge in [0.15, 0.2) is 0 Å². The van der Waals surface area contributed by atoms with E-state index in [0.29, 0.717) is 13.2 Å². The van der Waals surface area contributed by atoms with Crippen LogP contribution in [0.4, 0.5) is 0 Å². The van der Waals surface area contributed by atoms with E-state index in [1.807, 2.05) is 0 Å². The number of carboxylic acid groups (broad SMARTS) is 2. The van der Waals surface area contributed by atoms with Crippen molar-refractivity contribution < 1.29 is 34.0 Å². The van der Waals surface area contributed by atoms with Gasteiger partial charge in [-0.15, -0.1) is 0 Å². The first-order valence-electron chi connectivity index (χ1n) is 6.57. The second-order valence-electron chi connectivity index (χ2n) is 5.21. The Bertz CT molecular complexity index is 467. The monoisotopic (exact) mass is 298 g/mol. The summed E-state index contributed by atoms with van der Waals surface area (Å²) in [4.78, 5) is 22.1. The Labute approximate surface area is 121 Å². The predicted molar refractivity (Wildman–Crippen MR) is 70.9 cm³/mol. The maximum atomic E-state index is 11.1. The van der Waals surface area contributed by atoms with E-state index in [0.717, 1.165) is 0 Å². The van der Waals surface area contributed by atoms with Gasteiger partial charge in [-0.3, -0.25) is 0 Å². The van der Waals surface area contributed by atoms with Gasteiger partial charge < -0.3 is 24.4 Å². The minimum Gasteiger partial charge on any atom is -0.478 e. The van der Waals surface area contributed by atoms with Gasteiger partial charge in [-0.05, 0) is 26.0 Å². The predicted octanol–water partition coefficient (Wildman–Crippen LogP) is 0.601. The number of hydrogen-bond donors (Lipinski definition) is 2. The van der Waals surface area contributed by atoms with Crippen molar-refractivity contribution in [3.63, 3.8) is 0 Å². The van der Waals surface area contributed by atoms with Crippen molar-refractivity contribution in [2.75, 3.05) is 19.8 Å². The average Bonchev–Trinajstić information content (AvgIpc) is 3.28. The quantitative estimate of drug-likeness (QED) is 0.499. The molecular formula is C14H18O7. The van der Waals surface area contributed by atoms with Crippen LogP contribution in [0.15, 0.2) is 23.3 Å². The van der Waals surface area contributed by atoms with Gasteiger partial charge in [0.1, 0.15) is 17.8 Å².